The summed E-state index contributed by atoms with van der Waals surface area (Å²) in [6, 6.07) is 6.22. The van der Waals surface area contributed by atoms with Crippen LogP contribution in [0.5, 0.6) is 5.75 Å². The molecule has 104 valence electrons. The Morgan fingerprint density at radius 2 is 2.11 bits per heavy atom. The Labute approximate surface area is 115 Å². The molecule has 19 heavy (non-hydrogen) atoms. The number of ether oxygens (including phenoxy) is 1. The number of carbonyl (C=O) groups excluding carboxylic acids is 1. The summed E-state index contributed by atoms with van der Waals surface area (Å²) in [7, 11) is 0. The molecule has 1 aromatic rings. The van der Waals surface area contributed by atoms with Crippen molar-refractivity contribution in [3.8, 4) is 5.75 Å². The lowest BCUT2D eigenvalue weighted by atomic mass is 9.86. The molecule has 1 aliphatic heterocycles. The third-order valence-corrected chi connectivity index (χ3v) is 4.21. The van der Waals surface area contributed by atoms with Gasteiger partial charge in [0, 0.05) is 12.8 Å². The Balaban J connectivity index is 1.97. The summed E-state index contributed by atoms with van der Waals surface area (Å²) in [5, 5.41) is 0. The van der Waals surface area contributed by atoms with E-state index in [0.29, 0.717) is 19.3 Å². The van der Waals surface area contributed by atoms with E-state index < -0.39 is 5.54 Å². The van der Waals surface area contributed by atoms with E-state index in [2.05, 4.69) is 6.07 Å². The van der Waals surface area contributed by atoms with Crippen LogP contribution in [0.2, 0.25) is 0 Å². The first kappa shape index (κ1) is 14.1. The first-order chi connectivity index (χ1) is 9.09. The van der Waals surface area contributed by atoms with Crippen LogP contribution >= 0.6 is 0 Å². The number of benzene rings is 1. The summed E-state index contributed by atoms with van der Waals surface area (Å²) in [5.41, 5.74) is 7.95. The van der Waals surface area contributed by atoms with Crippen LogP contribution in [0.15, 0.2) is 18.2 Å². The highest BCUT2D eigenvalue weighted by Gasteiger charge is 2.28. The Kier molecular flexibility index (Phi) is 4.25. The van der Waals surface area contributed by atoms with Crippen LogP contribution in [0.25, 0.3) is 0 Å². The van der Waals surface area contributed by atoms with Crippen LogP contribution in [0.3, 0.4) is 0 Å². The molecule has 0 aliphatic carbocycles. The molecule has 0 atom stereocenters. The van der Waals surface area contributed by atoms with E-state index in [0.717, 1.165) is 25.2 Å². The normalized spacial score (nSPS) is 14.1. The number of rotatable bonds is 6. The van der Waals surface area contributed by atoms with Crippen molar-refractivity contribution in [2.75, 3.05) is 6.61 Å². The van der Waals surface area contributed by atoms with Crippen LogP contribution in [0.1, 0.15) is 44.2 Å². The molecule has 0 bridgehead atoms. The predicted octanol–water partition coefficient (Wildman–Crippen LogP) is 2.64. The lowest BCUT2D eigenvalue weighted by Gasteiger charge is -2.24. The summed E-state index contributed by atoms with van der Waals surface area (Å²) < 4.78 is 5.48. The molecule has 0 aromatic heterocycles. The van der Waals surface area contributed by atoms with Gasteiger partial charge in [-0.2, -0.15) is 0 Å². The van der Waals surface area contributed by atoms with Gasteiger partial charge < -0.3 is 10.5 Å². The van der Waals surface area contributed by atoms with E-state index in [4.69, 9.17) is 10.5 Å². The number of carbonyl (C=O) groups is 1. The molecule has 1 heterocycles. The van der Waals surface area contributed by atoms with Crippen molar-refractivity contribution in [2.45, 2.75) is 51.5 Å². The SMILES string of the molecule is CCC(N)(CC)C(=O)CCc1ccc2c(c1)CCO2. The highest BCUT2D eigenvalue weighted by atomic mass is 16.5. The number of aryl methyl sites for hydroxylation is 1. The number of hydrogen-bond acceptors (Lipinski definition) is 3. The zero-order chi connectivity index (χ0) is 13.9. The summed E-state index contributed by atoms with van der Waals surface area (Å²) in [6.45, 7) is 4.73. The number of nitrogens with two attached hydrogens (primary N) is 1. The maximum absolute atomic E-state index is 12.2. The van der Waals surface area contributed by atoms with Crippen molar-refractivity contribution in [1.29, 1.82) is 0 Å². The molecule has 2 rings (SSSR count). The van der Waals surface area contributed by atoms with Crippen LogP contribution in [-0.4, -0.2) is 17.9 Å². The molecule has 2 N–H and O–H groups in total. The summed E-state index contributed by atoms with van der Waals surface area (Å²) in [5.74, 6) is 1.17. The Morgan fingerprint density at radius 3 is 2.79 bits per heavy atom. The van der Waals surface area contributed by atoms with Gasteiger partial charge in [0.2, 0.25) is 0 Å². The molecule has 3 heteroatoms. The number of Topliss-reactive ketones (excluding diaryl/α,β-unsaturated/α-hetero) is 1. The van der Waals surface area contributed by atoms with Gasteiger partial charge in [-0.25, -0.2) is 0 Å². The second-order valence-corrected chi connectivity index (χ2v) is 5.33. The highest BCUT2D eigenvalue weighted by molar-refractivity contribution is 5.88. The molecule has 0 spiro atoms. The van der Waals surface area contributed by atoms with Crippen LogP contribution in [-0.2, 0) is 17.6 Å². The van der Waals surface area contributed by atoms with Crippen molar-refractivity contribution in [3.63, 3.8) is 0 Å². The lowest BCUT2D eigenvalue weighted by molar-refractivity contribution is -0.124. The van der Waals surface area contributed by atoms with Gasteiger partial charge in [0.25, 0.3) is 0 Å². The van der Waals surface area contributed by atoms with E-state index in [1.54, 1.807) is 0 Å². The average Bonchev–Trinajstić information content (AvgIpc) is 2.91. The molecule has 1 aliphatic rings. The van der Waals surface area contributed by atoms with Gasteiger partial charge >= 0.3 is 0 Å². The minimum Gasteiger partial charge on any atom is -0.493 e. The fraction of sp³-hybridized carbons (Fsp3) is 0.562. The second kappa shape index (κ2) is 5.74. The first-order valence-electron chi connectivity index (χ1n) is 7.16. The van der Waals surface area contributed by atoms with E-state index >= 15 is 0 Å². The Hall–Kier alpha value is -1.35. The lowest BCUT2D eigenvalue weighted by Crippen LogP contribution is -2.46. The van der Waals surface area contributed by atoms with Gasteiger partial charge in [0.1, 0.15) is 5.75 Å². The maximum atomic E-state index is 12.2. The van der Waals surface area contributed by atoms with Crippen LogP contribution in [0, 0.1) is 0 Å². The zero-order valence-corrected chi connectivity index (χ0v) is 11.9. The Bertz CT molecular complexity index is 464. The number of ketones is 1. The molecule has 0 unspecified atom stereocenters. The fourth-order valence-electron chi connectivity index (χ4n) is 2.55. The number of hydrogen-bond donors (Lipinski definition) is 1. The van der Waals surface area contributed by atoms with E-state index in [1.807, 2.05) is 26.0 Å². The van der Waals surface area contributed by atoms with E-state index in [9.17, 15) is 4.79 Å². The van der Waals surface area contributed by atoms with Crippen molar-refractivity contribution in [2.24, 2.45) is 5.73 Å². The molecular weight excluding hydrogens is 238 g/mol. The van der Waals surface area contributed by atoms with Crippen molar-refractivity contribution >= 4 is 5.78 Å². The topological polar surface area (TPSA) is 52.3 Å². The molecule has 0 fully saturated rings. The molecule has 0 saturated heterocycles. The smallest absolute Gasteiger partial charge is 0.152 e. The average molecular weight is 261 g/mol. The number of fused-ring (bicyclic) bond motifs is 1. The Morgan fingerprint density at radius 1 is 1.37 bits per heavy atom. The van der Waals surface area contributed by atoms with Crippen molar-refractivity contribution < 1.29 is 9.53 Å². The molecule has 1 aromatic carbocycles. The van der Waals surface area contributed by atoms with E-state index in [-0.39, 0.29) is 5.78 Å². The molecule has 0 radical (unpaired) electrons. The molecule has 0 saturated carbocycles. The van der Waals surface area contributed by atoms with Gasteiger partial charge in [0.15, 0.2) is 5.78 Å². The molecular formula is C16H23NO2. The van der Waals surface area contributed by atoms with Gasteiger partial charge in [-0.3, -0.25) is 4.79 Å². The molecule has 0 amide bonds. The predicted molar refractivity (Wildman–Crippen MR) is 76.5 cm³/mol. The van der Waals surface area contributed by atoms with Gasteiger partial charge in [-0.15, -0.1) is 0 Å². The quantitative estimate of drug-likeness (QED) is 0.856. The summed E-state index contributed by atoms with van der Waals surface area (Å²) in [4.78, 5) is 12.2. The zero-order valence-electron chi connectivity index (χ0n) is 11.9. The fourth-order valence-corrected chi connectivity index (χ4v) is 2.55. The van der Waals surface area contributed by atoms with Crippen LogP contribution in [0.4, 0.5) is 0 Å². The molecule has 3 nitrogen and oxygen atoms in total. The monoisotopic (exact) mass is 261 g/mol. The van der Waals surface area contributed by atoms with Crippen molar-refractivity contribution in [1.82, 2.24) is 0 Å². The third kappa shape index (κ3) is 2.98. The third-order valence-electron chi connectivity index (χ3n) is 4.21. The van der Waals surface area contributed by atoms with Crippen LogP contribution < -0.4 is 10.5 Å². The minimum absolute atomic E-state index is 0.175. The van der Waals surface area contributed by atoms with Gasteiger partial charge in [-0.05, 0) is 36.5 Å². The highest BCUT2D eigenvalue weighted by Crippen LogP contribution is 2.26. The standard InChI is InChI=1S/C16H23NO2/c1-3-16(17,4-2)15(18)8-6-12-5-7-14-13(11-12)9-10-19-14/h5,7,11H,3-4,6,8-10,17H2,1-2H3. The first-order valence-corrected chi connectivity index (χ1v) is 7.16. The minimum atomic E-state index is -0.639. The maximum Gasteiger partial charge on any atom is 0.152 e. The second-order valence-electron chi connectivity index (χ2n) is 5.33. The largest absolute Gasteiger partial charge is 0.493 e. The van der Waals surface area contributed by atoms with Crippen molar-refractivity contribution in [3.05, 3.63) is 29.3 Å². The summed E-state index contributed by atoms with van der Waals surface area (Å²) in [6.07, 6.45) is 3.69. The van der Waals surface area contributed by atoms with Gasteiger partial charge in [-0.1, -0.05) is 26.0 Å². The summed E-state index contributed by atoms with van der Waals surface area (Å²) >= 11 is 0. The van der Waals surface area contributed by atoms with E-state index in [1.165, 1.54) is 11.1 Å². The van der Waals surface area contributed by atoms with Gasteiger partial charge in [0.05, 0.1) is 12.1 Å².